The summed E-state index contributed by atoms with van der Waals surface area (Å²) < 4.78 is 31.6. The number of fused-ring (bicyclic) bond motifs is 1. The van der Waals surface area contributed by atoms with Crippen LogP contribution in [0, 0.1) is 0 Å². The van der Waals surface area contributed by atoms with E-state index in [0.29, 0.717) is 20.8 Å². The smallest absolute Gasteiger partial charge is 0.240 e. The van der Waals surface area contributed by atoms with Crippen molar-refractivity contribution >= 4 is 44.0 Å². The van der Waals surface area contributed by atoms with Gasteiger partial charge in [-0.25, -0.2) is 13.1 Å². The molecule has 1 atom stereocenters. The summed E-state index contributed by atoms with van der Waals surface area (Å²) in [5.74, 6) is 0. The molecule has 22 heavy (non-hydrogen) atoms. The van der Waals surface area contributed by atoms with Crippen LogP contribution in [-0.4, -0.2) is 39.9 Å². The van der Waals surface area contributed by atoms with Gasteiger partial charge in [-0.1, -0.05) is 29.3 Å². The maximum atomic E-state index is 12.2. The number of nitrogens with one attached hydrogen (secondary N) is 1. The first kappa shape index (κ1) is 17.5. The van der Waals surface area contributed by atoms with Crippen molar-refractivity contribution < 1.29 is 18.3 Å². The van der Waals surface area contributed by atoms with E-state index >= 15 is 0 Å². The van der Waals surface area contributed by atoms with E-state index in [4.69, 9.17) is 27.9 Å². The highest BCUT2D eigenvalue weighted by Gasteiger charge is 2.17. The van der Waals surface area contributed by atoms with Crippen molar-refractivity contribution in [3.05, 3.63) is 40.4 Å². The standard InChI is InChI=1S/C14H15Cl2NO4S/c1-21-8-9(18)7-17-22(19,20)10-2-3-11-12(6-10)14(16)5-4-13(11)15/h2-6,9,17-18H,7-8H2,1H3/t9-/m1/s1. The number of rotatable bonds is 6. The largest absolute Gasteiger partial charge is 0.389 e. The topological polar surface area (TPSA) is 75.6 Å². The first-order valence-corrected chi connectivity index (χ1v) is 8.63. The van der Waals surface area contributed by atoms with Gasteiger partial charge in [0, 0.05) is 34.5 Å². The van der Waals surface area contributed by atoms with E-state index in [1.54, 1.807) is 18.2 Å². The predicted octanol–water partition coefficient (Wildman–Crippen LogP) is 2.43. The molecule has 0 saturated heterocycles. The number of hydrogen-bond acceptors (Lipinski definition) is 4. The molecule has 2 rings (SSSR count). The lowest BCUT2D eigenvalue weighted by Gasteiger charge is -2.12. The third kappa shape index (κ3) is 3.90. The number of benzene rings is 2. The molecule has 0 amide bonds. The highest BCUT2D eigenvalue weighted by atomic mass is 35.5. The fourth-order valence-electron chi connectivity index (χ4n) is 1.96. The van der Waals surface area contributed by atoms with Crippen LogP contribution in [0.1, 0.15) is 0 Å². The summed E-state index contributed by atoms with van der Waals surface area (Å²) in [5.41, 5.74) is 0. The Kier molecular flexibility index (Phi) is 5.65. The molecule has 0 bridgehead atoms. The molecule has 0 aromatic heterocycles. The highest BCUT2D eigenvalue weighted by molar-refractivity contribution is 7.89. The van der Waals surface area contributed by atoms with E-state index in [9.17, 15) is 13.5 Å². The van der Waals surface area contributed by atoms with E-state index in [1.807, 2.05) is 0 Å². The summed E-state index contributed by atoms with van der Waals surface area (Å²) >= 11 is 12.2. The zero-order valence-electron chi connectivity index (χ0n) is 11.7. The van der Waals surface area contributed by atoms with Gasteiger partial charge >= 0.3 is 0 Å². The van der Waals surface area contributed by atoms with E-state index in [1.165, 1.54) is 19.2 Å². The van der Waals surface area contributed by atoms with Gasteiger partial charge in [-0.2, -0.15) is 0 Å². The normalized spacial score (nSPS) is 13.5. The van der Waals surface area contributed by atoms with Crippen LogP contribution in [0.25, 0.3) is 10.8 Å². The molecule has 0 saturated carbocycles. The van der Waals surface area contributed by atoms with E-state index in [2.05, 4.69) is 4.72 Å². The molecule has 8 heteroatoms. The van der Waals surface area contributed by atoms with E-state index in [-0.39, 0.29) is 18.0 Å². The Bertz CT molecular complexity index is 780. The quantitative estimate of drug-likeness (QED) is 0.826. The predicted molar refractivity (Wildman–Crippen MR) is 87.0 cm³/mol. The van der Waals surface area contributed by atoms with E-state index in [0.717, 1.165) is 0 Å². The zero-order chi connectivity index (χ0) is 16.3. The second kappa shape index (κ2) is 7.12. The van der Waals surface area contributed by atoms with Crippen LogP contribution in [0.2, 0.25) is 10.0 Å². The Labute approximate surface area is 138 Å². The van der Waals surface area contributed by atoms with Crippen molar-refractivity contribution in [1.29, 1.82) is 0 Å². The maximum absolute atomic E-state index is 12.2. The summed E-state index contributed by atoms with van der Waals surface area (Å²) in [6.45, 7) is -0.0981. The highest BCUT2D eigenvalue weighted by Crippen LogP contribution is 2.31. The molecular formula is C14H15Cl2NO4S. The van der Waals surface area contributed by atoms with Crippen LogP contribution in [0.5, 0.6) is 0 Å². The molecule has 0 spiro atoms. The van der Waals surface area contributed by atoms with Crippen molar-refractivity contribution in [3.63, 3.8) is 0 Å². The monoisotopic (exact) mass is 363 g/mol. The second-order valence-corrected chi connectivity index (χ2v) is 7.28. The maximum Gasteiger partial charge on any atom is 0.240 e. The number of aliphatic hydroxyl groups is 1. The Morgan fingerprint density at radius 2 is 1.82 bits per heavy atom. The van der Waals surface area contributed by atoms with Gasteiger partial charge in [0.25, 0.3) is 0 Å². The summed E-state index contributed by atoms with van der Waals surface area (Å²) in [4.78, 5) is 0.0498. The van der Waals surface area contributed by atoms with Gasteiger partial charge in [-0.3, -0.25) is 0 Å². The van der Waals surface area contributed by atoms with Crippen LogP contribution in [-0.2, 0) is 14.8 Å². The van der Waals surface area contributed by atoms with Crippen molar-refractivity contribution in [1.82, 2.24) is 4.72 Å². The fourth-order valence-corrected chi connectivity index (χ4v) is 3.51. The van der Waals surface area contributed by atoms with E-state index < -0.39 is 16.1 Å². The molecule has 0 fully saturated rings. The van der Waals surface area contributed by atoms with Gasteiger partial charge in [-0.15, -0.1) is 0 Å². The summed E-state index contributed by atoms with van der Waals surface area (Å²) in [7, 11) is -2.34. The third-order valence-corrected chi connectivity index (χ3v) is 5.14. The third-order valence-electron chi connectivity index (χ3n) is 3.06. The van der Waals surface area contributed by atoms with Crippen LogP contribution in [0.3, 0.4) is 0 Å². The number of halogens is 2. The van der Waals surface area contributed by atoms with Crippen LogP contribution in [0.15, 0.2) is 35.2 Å². The number of sulfonamides is 1. The van der Waals surface area contributed by atoms with Gasteiger partial charge in [0.2, 0.25) is 10.0 Å². The SMILES string of the molecule is COC[C@H](O)CNS(=O)(=O)c1ccc2c(Cl)ccc(Cl)c2c1. The second-order valence-electron chi connectivity index (χ2n) is 4.70. The molecule has 5 nitrogen and oxygen atoms in total. The number of aliphatic hydroxyl groups excluding tert-OH is 1. The van der Waals surface area contributed by atoms with Crippen LogP contribution < -0.4 is 4.72 Å². The molecular weight excluding hydrogens is 349 g/mol. The Hall–Kier alpha value is -0.890. The molecule has 2 aromatic carbocycles. The minimum atomic E-state index is -3.76. The summed E-state index contributed by atoms with van der Waals surface area (Å²) in [5, 5.41) is 11.7. The number of methoxy groups -OCH3 is 1. The molecule has 0 aliphatic heterocycles. The fraction of sp³-hybridized carbons (Fsp3) is 0.286. The average molecular weight is 364 g/mol. The molecule has 120 valence electrons. The molecule has 0 unspecified atom stereocenters. The molecule has 0 aliphatic rings. The van der Waals surface area contributed by atoms with Crippen molar-refractivity contribution in [2.45, 2.75) is 11.0 Å². The van der Waals surface area contributed by atoms with Gasteiger partial charge in [0.05, 0.1) is 17.6 Å². The molecule has 0 heterocycles. The molecule has 0 aliphatic carbocycles. The lowest BCUT2D eigenvalue weighted by Crippen LogP contribution is -2.34. The first-order chi connectivity index (χ1) is 10.3. The first-order valence-electron chi connectivity index (χ1n) is 6.39. The molecule has 0 radical (unpaired) electrons. The van der Waals surface area contributed by atoms with Gasteiger partial charge in [0.15, 0.2) is 0 Å². The molecule has 2 N–H and O–H groups in total. The lowest BCUT2D eigenvalue weighted by atomic mass is 10.1. The van der Waals surface area contributed by atoms with Crippen LogP contribution in [0.4, 0.5) is 0 Å². The lowest BCUT2D eigenvalue weighted by molar-refractivity contribution is 0.0679. The van der Waals surface area contributed by atoms with Crippen LogP contribution >= 0.6 is 23.2 Å². The number of ether oxygens (including phenoxy) is 1. The number of hydrogen-bond donors (Lipinski definition) is 2. The summed E-state index contributed by atoms with van der Waals surface area (Å²) in [6.07, 6.45) is -0.918. The van der Waals surface area contributed by atoms with Crippen molar-refractivity contribution in [2.24, 2.45) is 0 Å². The summed E-state index contributed by atoms with van der Waals surface area (Å²) in [6, 6.07) is 7.76. The minimum Gasteiger partial charge on any atom is -0.389 e. The van der Waals surface area contributed by atoms with Crippen molar-refractivity contribution in [2.75, 3.05) is 20.3 Å². The Balaban J connectivity index is 2.32. The Morgan fingerprint density at radius 1 is 1.18 bits per heavy atom. The zero-order valence-corrected chi connectivity index (χ0v) is 14.0. The van der Waals surface area contributed by atoms with Crippen molar-refractivity contribution in [3.8, 4) is 0 Å². The Morgan fingerprint density at radius 3 is 2.45 bits per heavy atom. The molecule has 2 aromatic rings. The average Bonchev–Trinajstić information content (AvgIpc) is 2.49. The van der Waals surface area contributed by atoms with Gasteiger partial charge in [0.1, 0.15) is 0 Å². The minimum absolute atomic E-state index is 0.0433. The van der Waals surface area contributed by atoms with Gasteiger partial charge < -0.3 is 9.84 Å². The van der Waals surface area contributed by atoms with Gasteiger partial charge in [-0.05, 0) is 24.3 Å².